The maximum Gasteiger partial charge on any atom is 0.248 e. The van der Waals surface area contributed by atoms with Crippen LogP contribution in [0, 0.1) is 0 Å². The molecule has 0 fully saturated rings. The van der Waals surface area contributed by atoms with Crippen molar-refractivity contribution in [3.05, 3.63) is 34.9 Å². The third-order valence-electron chi connectivity index (χ3n) is 1.45. The van der Waals surface area contributed by atoms with E-state index in [0.717, 1.165) is 10.9 Å². The highest BCUT2D eigenvalue weighted by molar-refractivity contribution is 5.77. The monoisotopic (exact) mass is 134 g/mol. The maximum atomic E-state index is 10.7. The smallest absolute Gasteiger partial charge is 0.248 e. The van der Waals surface area contributed by atoms with E-state index in [1.807, 2.05) is 6.20 Å². The van der Waals surface area contributed by atoms with E-state index >= 15 is 0 Å². The fourth-order valence-corrected chi connectivity index (χ4v) is 0.962. The Morgan fingerprint density at radius 2 is 2.10 bits per heavy atom. The van der Waals surface area contributed by atoms with Gasteiger partial charge >= 0.3 is 0 Å². The molecule has 0 aliphatic heterocycles. The minimum Gasteiger partial charge on any atom is -0.365 e. The number of pyridine rings is 1. The topological polar surface area (TPSA) is 48.6 Å². The van der Waals surface area contributed by atoms with Gasteiger partial charge in [0.2, 0.25) is 5.56 Å². The molecule has 0 saturated carbocycles. The van der Waals surface area contributed by atoms with Crippen molar-refractivity contribution in [1.82, 2.24) is 9.97 Å². The normalized spacial score (nSPS) is 10.4. The van der Waals surface area contributed by atoms with Crippen molar-refractivity contribution in [2.75, 3.05) is 0 Å². The van der Waals surface area contributed by atoms with Crippen LogP contribution in [0.5, 0.6) is 0 Å². The third kappa shape index (κ3) is 0.639. The molecule has 0 spiro atoms. The quantitative estimate of drug-likeness (QED) is 0.551. The third-order valence-corrected chi connectivity index (χ3v) is 1.45. The van der Waals surface area contributed by atoms with Crippen molar-refractivity contribution >= 4 is 10.9 Å². The highest BCUT2D eigenvalue weighted by Crippen LogP contribution is 2.04. The first kappa shape index (κ1) is 5.29. The Labute approximate surface area is 56.7 Å². The number of aromatic nitrogens is 2. The Bertz CT molecular complexity index is 399. The molecule has 0 unspecified atom stereocenters. The maximum absolute atomic E-state index is 10.7. The molecule has 2 aromatic heterocycles. The van der Waals surface area contributed by atoms with Gasteiger partial charge in [-0.2, -0.15) is 0 Å². The first-order chi connectivity index (χ1) is 4.86. The zero-order valence-corrected chi connectivity index (χ0v) is 5.22. The second kappa shape index (κ2) is 1.73. The summed E-state index contributed by atoms with van der Waals surface area (Å²) in [7, 11) is 0. The van der Waals surface area contributed by atoms with Crippen LogP contribution in [0.15, 0.2) is 29.3 Å². The van der Waals surface area contributed by atoms with Crippen LogP contribution in [-0.2, 0) is 0 Å². The molecule has 3 heteroatoms. The van der Waals surface area contributed by atoms with Gasteiger partial charge in [0.05, 0.1) is 5.52 Å². The van der Waals surface area contributed by atoms with E-state index in [4.69, 9.17) is 0 Å². The van der Waals surface area contributed by atoms with Gasteiger partial charge in [-0.05, 0) is 6.07 Å². The van der Waals surface area contributed by atoms with Crippen LogP contribution in [0.3, 0.4) is 0 Å². The molecular formula is C7H6N2O. The molecule has 50 valence electrons. The van der Waals surface area contributed by atoms with Crippen molar-refractivity contribution in [3.63, 3.8) is 0 Å². The van der Waals surface area contributed by atoms with Crippen molar-refractivity contribution < 1.29 is 0 Å². The van der Waals surface area contributed by atoms with E-state index < -0.39 is 0 Å². The van der Waals surface area contributed by atoms with E-state index in [0.29, 0.717) is 0 Å². The Kier molecular flexibility index (Phi) is 0.917. The number of aromatic amines is 2. The zero-order chi connectivity index (χ0) is 6.97. The molecule has 10 heavy (non-hydrogen) atoms. The molecule has 2 aromatic rings. The lowest BCUT2D eigenvalue weighted by atomic mass is 10.3. The van der Waals surface area contributed by atoms with Crippen molar-refractivity contribution in [2.45, 2.75) is 0 Å². The van der Waals surface area contributed by atoms with Crippen molar-refractivity contribution in [3.8, 4) is 0 Å². The summed E-state index contributed by atoms with van der Waals surface area (Å²) in [6, 6.07) is 3.29. The second-order valence-corrected chi connectivity index (χ2v) is 2.15. The molecule has 0 bridgehead atoms. The number of fused-ring (bicyclic) bond motifs is 1. The van der Waals surface area contributed by atoms with E-state index in [9.17, 15) is 4.79 Å². The summed E-state index contributed by atoms with van der Waals surface area (Å²) in [5, 5.41) is 1.03. The molecule has 2 N–H and O–H groups in total. The zero-order valence-electron chi connectivity index (χ0n) is 5.22. The van der Waals surface area contributed by atoms with Crippen LogP contribution in [0.25, 0.3) is 10.9 Å². The number of hydrogen-bond donors (Lipinski definition) is 2. The number of hydrogen-bond acceptors (Lipinski definition) is 1. The largest absolute Gasteiger partial charge is 0.365 e. The Morgan fingerprint density at radius 3 is 3.00 bits per heavy atom. The van der Waals surface area contributed by atoms with Gasteiger partial charge in [-0.1, -0.05) is 0 Å². The summed E-state index contributed by atoms with van der Waals surface area (Å²) in [6.45, 7) is 0. The fourth-order valence-electron chi connectivity index (χ4n) is 0.962. The molecule has 0 aromatic carbocycles. The van der Waals surface area contributed by atoms with Crippen LogP contribution in [0.4, 0.5) is 0 Å². The summed E-state index contributed by atoms with van der Waals surface area (Å²) in [6.07, 6.45) is 3.60. The summed E-state index contributed by atoms with van der Waals surface area (Å²) < 4.78 is 0. The number of H-pyrrole nitrogens is 2. The lowest BCUT2D eigenvalue weighted by molar-refractivity contribution is 1.31. The predicted octanol–water partition coefficient (Wildman–Crippen LogP) is 0.856. The highest BCUT2D eigenvalue weighted by Gasteiger charge is 1.91. The molecule has 0 amide bonds. The molecule has 0 atom stereocenters. The molecule has 0 radical (unpaired) electrons. The summed E-state index contributed by atoms with van der Waals surface area (Å²) >= 11 is 0. The van der Waals surface area contributed by atoms with E-state index in [1.54, 1.807) is 12.3 Å². The van der Waals surface area contributed by atoms with Crippen LogP contribution in [-0.4, -0.2) is 9.97 Å². The van der Waals surface area contributed by atoms with Crippen LogP contribution in [0.2, 0.25) is 0 Å². The van der Waals surface area contributed by atoms with E-state index in [1.165, 1.54) is 6.07 Å². The molecule has 0 aliphatic carbocycles. The lowest BCUT2D eigenvalue weighted by Crippen LogP contribution is -2.00. The van der Waals surface area contributed by atoms with Gasteiger partial charge in [-0.15, -0.1) is 0 Å². The van der Waals surface area contributed by atoms with Gasteiger partial charge in [-0.3, -0.25) is 4.79 Å². The van der Waals surface area contributed by atoms with Crippen molar-refractivity contribution in [1.29, 1.82) is 0 Å². The Balaban J connectivity index is 2.99. The van der Waals surface area contributed by atoms with Gasteiger partial charge < -0.3 is 9.97 Å². The van der Waals surface area contributed by atoms with Gasteiger partial charge in [0.1, 0.15) is 0 Å². The predicted molar refractivity (Wildman–Crippen MR) is 38.9 cm³/mol. The second-order valence-electron chi connectivity index (χ2n) is 2.15. The van der Waals surface area contributed by atoms with E-state index in [2.05, 4.69) is 9.97 Å². The molecule has 0 saturated heterocycles. The molecular weight excluding hydrogens is 128 g/mol. The number of rotatable bonds is 0. The molecule has 3 nitrogen and oxygen atoms in total. The standard InChI is InChI=1S/C7H6N2O/c10-7-2-1-5-3-8-4-6(5)9-7/h1-4,8H,(H,9,10). The van der Waals surface area contributed by atoms with Gasteiger partial charge in [-0.25, -0.2) is 0 Å². The van der Waals surface area contributed by atoms with Crippen molar-refractivity contribution in [2.24, 2.45) is 0 Å². The average molecular weight is 134 g/mol. The Morgan fingerprint density at radius 1 is 1.20 bits per heavy atom. The minimum atomic E-state index is -0.0629. The van der Waals surface area contributed by atoms with Gasteiger partial charge in [0, 0.05) is 23.8 Å². The van der Waals surface area contributed by atoms with E-state index in [-0.39, 0.29) is 5.56 Å². The van der Waals surface area contributed by atoms with Crippen LogP contribution in [0.1, 0.15) is 0 Å². The van der Waals surface area contributed by atoms with Crippen LogP contribution < -0.4 is 5.56 Å². The SMILES string of the molecule is O=c1ccc2c[nH]cc2[nH]1. The lowest BCUT2D eigenvalue weighted by Gasteiger charge is -1.83. The number of nitrogens with one attached hydrogen (secondary N) is 2. The summed E-state index contributed by atoms with van der Waals surface area (Å²) in [5.74, 6) is 0. The first-order valence-corrected chi connectivity index (χ1v) is 3.02. The fraction of sp³-hybridized carbons (Fsp3) is 0. The van der Waals surface area contributed by atoms with Crippen LogP contribution >= 0.6 is 0 Å². The average Bonchev–Trinajstić information content (AvgIpc) is 2.33. The minimum absolute atomic E-state index is 0.0629. The molecule has 2 rings (SSSR count). The summed E-state index contributed by atoms with van der Waals surface area (Å²) in [5.41, 5.74) is 0.791. The Hall–Kier alpha value is -1.51. The first-order valence-electron chi connectivity index (χ1n) is 3.02. The van der Waals surface area contributed by atoms with Gasteiger partial charge in [0.15, 0.2) is 0 Å². The highest BCUT2D eigenvalue weighted by atomic mass is 16.1. The molecule has 0 aliphatic rings. The molecule has 2 heterocycles. The van der Waals surface area contributed by atoms with Gasteiger partial charge in [0.25, 0.3) is 0 Å². The summed E-state index contributed by atoms with van der Waals surface area (Å²) in [4.78, 5) is 16.3.